The average molecular weight is 720 g/mol. The number of hydrogen-bond acceptors (Lipinski definition) is 2. The predicted molar refractivity (Wildman–Crippen MR) is 234 cm³/mol. The Morgan fingerprint density at radius 1 is 0.411 bits per heavy atom. The molecule has 56 heavy (non-hydrogen) atoms. The van der Waals surface area contributed by atoms with Gasteiger partial charge in [0.05, 0.1) is 5.69 Å². The molecule has 0 radical (unpaired) electrons. The molecule has 2 heteroatoms. The first-order valence-corrected chi connectivity index (χ1v) is 19.7. The molecular formula is C54H41NO. The molecule has 1 aromatic heterocycles. The molecule has 11 rings (SSSR count). The van der Waals surface area contributed by atoms with Crippen molar-refractivity contribution in [1.82, 2.24) is 0 Å². The third-order valence-corrected chi connectivity index (χ3v) is 12.6. The summed E-state index contributed by atoms with van der Waals surface area (Å²) in [5, 5.41) is 2.27. The second-order valence-electron chi connectivity index (χ2n) is 16.5. The minimum absolute atomic E-state index is 0.125. The third kappa shape index (κ3) is 4.62. The minimum atomic E-state index is -0.126. The van der Waals surface area contributed by atoms with Crippen LogP contribution in [-0.4, -0.2) is 0 Å². The van der Waals surface area contributed by atoms with Gasteiger partial charge in [-0.15, -0.1) is 0 Å². The number of anilines is 3. The number of para-hydroxylation sites is 2. The molecule has 9 aromatic rings. The van der Waals surface area contributed by atoms with E-state index < -0.39 is 0 Å². The van der Waals surface area contributed by atoms with Crippen LogP contribution in [0.25, 0.3) is 66.4 Å². The first-order valence-electron chi connectivity index (χ1n) is 19.7. The normalized spacial score (nSPS) is 14.4. The van der Waals surface area contributed by atoms with Gasteiger partial charge in [0.15, 0.2) is 0 Å². The van der Waals surface area contributed by atoms with Gasteiger partial charge >= 0.3 is 0 Å². The molecule has 0 saturated carbocycles. The molecule has 0 spiro atoms. The highest BCUT2D eigenvalue weighted by Crippen LogP contribution is 2.56. The van der Waals surface area contributed by atoms with Crippen LogP contribution in [0.4, 0.5) is 17.1 Å². The molecule has 0 aliphatic heterocycles. The summed E-state index contributed by atoms with van der Waals surface area (Å²) < 4.78 is 6.56. The van der Waals surface area contributed by atoms with Crippen molar-refractivity contribution in [3.8, 4) is 44.5 Å². The smallest absolute Gasteiger partial charge is 0.143 e. The maximum atomic E-state index is 6.56. The van der Waals surface area contributed by atoms with Crippen LogP contribution in [0.15, 0.2) is 180 Å². The maximum Gasteiger partial charge on any atom is 0.143 e. The predicted octanol–water partition coefficient (Wildman–Crippen LogP) is 15.0. The van der Waals surface area contributed by atoms with Crippen LogP contribution < -0.4 is 4.90 Å². The van der Waals surface area contributed by atoms with Crippen molar-refractivity contribution in [2.75, 3.05) is 4.90 Å². The summed E-state index contributed by atoms with van der Waals surface area (Å²) in [5.41, 5.74) is 20.4. The number of fused-ring (bicyclic) bond motifs is 9. The molecule has 0 amide bonds. The zero-order valence-electron chi connectivity index (χ0n) is 32.1. The largest absolute Gasteiger partial charge is 0.455 e. The van der Waals surface area contributed by atoms with Gasteiger partial charge in [-0.3, -0.25) is 0 Å². The van der Waals surface area contributed by atoms with E-state index in [0.717, 1.165) is 44.4 Å². The van der Waals surface area contributed by atoms with Crippen molar-refractivity contribution in [3.05, 3.63) is 198 Å². The van der Waals surface area contributed by atoms with Gasteiger partial charge in [0.1, 0.15) is 11.2 Å². The number of benzene rings is 8. The Balaban J connectivity index is 1.14. The number of hydrogen-bond donors (Lipinski definition) is 0. The van der Waals surface area contributed by atoms with E-state index in [4.69, 9.17) is 4.42 Å². The van der Waals surface area contributed by atoms with Gasteiger partial charge in [0.25, 0.3) is 0 Å². The molecule has 0 unspecified atom stereocenters. The fourth-order valence-electron chi connectivity index (χ4n) is 10.0. The zero-order valence-corrected chi connectivity index (χ0v) is 32.1. The highest BCUT2D eigenvalue weighted by atomic mass is 16.3. The molecule has 0 N–H and O–H groups in total. The van der Waals surface area contributed by atoms with Gasteiger partial charge in [-0.25, -0.2) is 0 Å². The lowest BCUT2D eigenvalue weighted by molar-refractivity contribution is 0.660. The van der Waals surface area contributed by atoms with E-state index in [9.17, 15) is 0 Å². The van der Waals surface area contributed by atoms with Crippen molar-refractivity contribution < 1.29 is 4.42 Å². The summed E-state index contributed by atoms with van der Waals surface area (Å²) in [6, 6.07) is 64.5. The number of nitrogens with zero attached hydrogens (tertiary/aromatic N) is 1. The van der Waals surface area contributed by atoms with Crippen LogP contribution >= 0.6 is 0 Å². The Bertz CT molecular complexity index is 3050. The van der Waals surface area contributed by atoms with Crippen LogP contribution in [0, 0.1) is 0 Å². The summed E-state index contributed by atoms with van der Waals surface area (Å²) in [4.78, 5) is 2.48. The maximum absolute atomic E-state index is 6.56. The monoisotopic (exact) mass is 719 g/mol. The molecule has 2 aliphatic rings. The lowest BCUT2D eigenvalue weighted by Crippen LogP contribution is -2.16. The Morgan fingerprint density at radius 3 is 1.73 bits per heavy atom. The van der Waals surface area contributed by atoms with Crippen LogP contribution in [0.1, 0.15) is 49.9 Å². The Labute approximate surface area is 328 Å². The van der Waals surface area contributed by atoms with Crippen molar-refractivity contribution in [2.45, 2.75) is 38.5 Å². The van der Waals surface area contributed by atoms with E-state index in [1.54, 1.807) is 0 Å². The second kappa shape index (κ2) is 11.9. The first kappa shape index (κ1) is 32.8. The molecule has 0 saturated heterocycles. The van der Waals surface area contributed by atoms with Gasteiger partial charge in [0, 0.05) is 44.1 Å². The quantitative estimate of drug-likeness (QED) is 0.176. The molecular weight excluding hydrogens is 679 g/mol. The summed E-state index contributed by atoms with van der Waals surface area (Å²) in [5.74, 6) is 0. The van der Waals surface area contributed by atoms with Crippen LogP contribution in [-0.2, 0) is 10.8 Å². The van der Waals surface area contributed by atoms with Crippen molar-refractivity contribution in [1.29, 1.82) is 0 Å². The molecule has 0 fully saturated rings. The van der Waals surface area contributed by atoms with Gasteiger partial charge < -0.3 is 9.32 Å². The standard InChI is InChI=1S/C54H41NO/c1-53(2)46-28-9-6-22-44(46)50-47(53)29-15-30-48(50)55(37-19-12-17-35(33-37)39-24-14-26-43-41-21-7-10-31-49(41)56-52(39)43)36-18-11-16-34(32-36)38-23-13-25-42-40-20-5-8-27-45(40)54(3,4)51(38)42/h5-33H,1-4H3. The molecule has 8 aromatic carbocycles. The van der Waals surface area contributed by atoms with E-state index in [1.165, 1.54) is 61.3 Å². The van der Waals surface area contributed by atoms with Crippen molar-refractivity contribution >= 4 is 39.0 Å². The molecule has 0 bridgehead atoms. The highest BCUT2D eigenvalue weighted by molar-refractivity contribution is 6.09. The lowest BCUT2D eigenvalue weighted by atomic mass is 9.79. The SMILES string of the molecule is CC1(C)c2ccccc2-c2c(N(c3cccc(-c4cccc5c4C(C)(C)c4ccccc4-5)c3)c3cccc(-c4cccc5c4oc4ccccc45)c3)cccc21. The van der Waals surface area contributed by atoms with E-state index in [-0.39, 0.29) is 10.8 Å². The van der Waals surface area contributed by atoms with Crippen molar-refractivity contribution in [2.24, 2.45) is 0 Å². The summed E-state index contributed by atoms with van der Waals surface area (Å²) in [7, 11) is 0. The first-order chi connectivity index (χ1) is 27.3. The molecule has 1 heterocycles. The fourth-order valence-corrected chi connectivity index (χ4v) is 10.0. The Kier molecular flexibility index (Phi) is 6.98. The van der Waals surface area contributed by atoms with Crippen LogP contribution in [0.2, 0.25) is 0 Å². The summed E-state index contributed by atoms with van der Waals surface area (Å²) in [6.45, 7) is 9.46. The second-order valence-corrected chi connectivity index (χ2v) is 16.5. The molecule has 2 nitrogen and oxygen atoms in total. The van der Waals surface area contributed by atoms with E-state index in [1.807, 2.05) is 6.07 Å². The van der Waals surface area contributed by atoms with Gasteiger partial charge in [-0.1, -0.05) is 167 Å². The van der Waals surface area contributed by atoms with E-state index in [0.29, 0.717) is 0 Å². The molecule has 0 atom stereocenters. The van der Waals surface area contributed by atoms with Gasteiger partial charge in [-0.2, -0.15) is 0 Å². The minimum Gasteiger partial charge on any atom is -0.455 e. The van der Waals surface area contributed by atoms with Gasteiger partial charge in [0.2, 0.25) is 0 Å². The average Bonchev–Trinajstić information content (AvgIpc) is 3.82. The van der Waals surface area contributed by atoms with Crippen LogP contribution in [0.3, 0.4) is 0 Å². The van der Waals surface area contributed by atoms with E-state index in [2.05, 4.69) is 202 Å². The summed E-state index contributed by atoms with van der Waals surface area (Å²) >= 11 is 0. The third-order valence-electron chi connectivity index (χ3n) is 12.6. The van der Waals surface area contributed by atoms with Crippen LogP contribution in [0.5, 0.6) is 0 Å². The lowest BCUT2D eigenvalue weighted by Gasteiger charge is -2.30. The number of rotatable bonds is 5. The highest BCUT2D eigenvalue weighted by Gasteiger charge is 2.39. The summed E-state index contributed by atoms with van der Waals surface area (Å²) in [6.07, 6.45) is 0. The van der Waals surface area contributed by atoms with Crippen molar-refractivity contribution in [3.63, 3.8) is 0 Å². The fraction of sp³-hybridized carbons (Fsp3) is 0.111. The zero-order chi connectivity index (χ0) is 37.8. The Hall–Kier alpha value is -6.64. The van der Waals surface area contributed by atoms with Gasteiger partial charge in [-0.05, 0) is 92.0 Å². The Morgan fingerprint density at radius 2 is 0.946 bits per heavy atom. The van der Waals surface area contributed by atoms with E-state index >= 15 is 0 Å². The molecule has 2 aliphatic carbocycles. The molecule has 268 valence electrons. The topological polar surface area (TPSA) is 16.4 Å². The number of furan rings is 1.